The topological polar surface area (TPSA) is 30.0 Å². The molecule has 0 amide bonds. The van der Waals surface area contributed by atoms with E-state index in [2.05, 4.69) is 11.9 Å². The molecule has 0 fully saturated rings. The summed E-state index contributed by atoms with van der Waals surface area (Å²) >= 11 is 1.59. The molecule has 17 heavy (non-hydrogen) atoms. The third-order valence-electron chi connectivity index (χ3n) is 2.37. The van der Waals surface area contributed by atoms with Crippen LogP contribution in [0.1, 0.15) is 17.3 Å². The molecule has 2 nitrogen and oxygen atoms in total. The molecular weight excluding hydrogens is 230 g/mol. The molecule has 0 atom stereocenters. The zero-order valence-corrected chi connectivity index (χ0v) is 10.4. The number of aldehydes is 1. The first-order chi connectivity index (χ1) is 8.35. The summed E-state index contributed by atoms with van der Waals surface area (Å²) in [4.78, 5) is 15.4. The van der Waals surface area contributed by atoms with E-state index in [0.717, 1.165) is 28.3 Å². The fraction of sp³-hybridized carbons (Fsp3) is 0.143. The number of pyridine rings is 1. The van der Waals surface area contributed by atoms with Gasteiger partial charge in [0.15, 0.2) is 6.29 Å². The third-order valence-corrected chi connectivity index (χ3v) is 3.26. The van der Waals surface area contributed by atoms with Crippen LogP contribution >= 0.6 is 11.8 Å². The SMILES string of the molecule is CCSc1nc(-c2ccccc2)ccc1C=O. The van der Waals surface area contributed by atoms with E-state index in [1.54, 1.807) is 11.8 Å². The van der Waals surface area contributed by atoms with E-state index in [9.17, 15) is 4.79 Å². The van der Waals surface area contributed by atoms with Gasteiger partial charge >= 0.3 is 0 Å². The van der Waals surface area contributed by atoms with Crippen molar-refractivity contribution < 1.29 is 4.79 Å². The summed E-state index contributed by atoms with van der Waals surface area (Å²) in [6.07, 6.45) is 0.861. The summed E-state index contributed by atoms with van der Waals surface area (Å²) in [7, 11) is 0. The molecule has 0 saturated carbocycles. The molecule has 86 valence electrons. The average molecular weight is 243 g/mol. The van der Waals surface area contributed by atoms with Gasteiger partial charge in [-0.05, 0) is 17.9 Å². The van der Waals surface area contributed by atoms with Crippen LogP contribution in [0.25, 0.3) is 11.3 Å². The van der Waals surface area contributed by atoms with Crippen molar-refractivity contribution in [2.75, 3.05) is 5.75 Å². The van der Waals surface area contributed by atoms with Crippen LogP contribution < -0.4 is 0 Å². The number of carbonyl (C=O) groups is 1. The molecule has 1 heterocycles. The highest BCUT2D eigenvalue weighted by Gasteiger charge is 2.06. The van der Waals surface area contributed by atoms with Crippen LogP contribution in [0, 0.1) is 0 Å². The summed E-state index contributed by atoms with van der Waals surface area (Å²) in [5.41, 5.74) is 2.64. The van der Waals surface area contributed by atoms with Crippen molar-refractivity contribution in [1.82, 2.24) is 4.98 Å². The van der Waals surface area contributed by atoms with Crippen LogP contribution in [0.3, 0.4) is 0 Å². The Balaban J connectivity index is 2.43. The predicted octanol–water partition coefficient (Wildman–Crippen LogP) is 3.67. The first-order valence-corrected chi connectivity index (χ1v) is 6.48. The minimum absolute atomic E-state index is 0.663. The van der Waals surface area contributed by atoms with Crippen molar-refractivity contribution in [2.45, 2.75) is 11.9 Å². The van der Waals surface area contributed by atoms with E-state index in [1.807, 2.05) is 42.5 Å². The van der Waals surface area contributed by atoms with Crippen molar-refractivity contribution in [3.05, 3.63) is 48.0 Å². The second-order valence-corrected chi connectivity index (χ2v) is 4.76. The second kappa shape index (κ2) is 5.64. The van der Waals surface area contributed by atoms with E-state index in [1.165, 1.54) is 0 Å². The molecule has 0 aliphatic heterocycles. The Bertz CT molecular complexity index is 511. The maximum Gasteiger partial charge on any atom is 0.152 e. The number of hydrogen-bond acceptors (Lipinski definition) is 3. The first kappa shape index (κ1) is 11.9. The van der Waals surface area contributed by atoms with E-state index >= 15 is 0 Å². The van der Waals surface area contributed by atoms with Crippen molar-refractivity contribution >= 4 is 18.0 Å². The Kier molecular flexibility index (Phi) is 3.94. The van der Waals surface area contributed by atoms with Crippen molar-refractivity contribution in [2.24, 2.45) is 0 Å². The van der Waals surface area contributed by atoms with Crippen LogP contribution in [-0.2, 0) is 0 Å². The molecule has 2 rings (SSSR count). The molecule has 1 aromatic heterocycles. The predicted molar refractivity (Wildman–Crippen MR) is 71.5 cm³/mol. The number of nitrogens with zero attached hydrogens (tertiary/aromatic N) is 1. The molecule has 0 aliphatic carbocycles. The number of benzene rings is 1. The number of thioether (sulfide) groups is 1. The lowest BCUT2D eigenvalue weighted by Crippen LogP contribution is -1.92. The highest BCUT2D eigenvalue weighted by Crippen LogP contribution is 2.24. The Morgan fingerprint density at radius 1 is 1.18 bits per heavy atom. The fourth-order valence-corrected chi connectivity index (χ4v) is 2.28. The number of aromatic nitrogens is 1. The van der Waals surface area contributed by atoms with Gasteiger partial charge in [0.05, 0.1) is 5.69 Å². The first-order valence-electron chi connectivity index (χ1n) is 5.49. The molecule has 0 saturated heterocycles. The van der Waals surface area contributed by atoms with Gasteiger partial charge < -0.3 is 0 Å². The molecule has 0 radical (unpaired) electrons. The monoisotopic (exact) mass is 243 g/mol. The van der Waals surface area contributed by atoms with Gasteiger partial charge in [-0.25, -0.2) is 4.98 Å². The normalized spacial score (nSPS) is 10.2. The lowest BCUT2D eigenvalue weighted by Gasteiger charge is -2.05. The molecule has 0 unspecified atom stereocenters. The minimum atomic E-state index is 0.663. The maximum atomic E-state index is 10.9. The second-order valence-electron chi connectivity index (χ2n) is 3.51. The quantitative estimate of drug-likeness (QED) is 0.606. The van der Waals surface area contributed by atoms with Gasteiger partial charge in [-0.2, -0.15) is 0 Å². The molecule has 0 bridgehead atoms. The standard InChI is InChI=1S/C14H13NOS/c1-2-17-14-12(10-16)8-9-13(15-14)11-6-4-3-5-7-11/h3-10H,2H2,1H3. The zero-order valence-electron chi connectivity index (χ0n) is 9.59. The zero-order chi connectivity index (χ0) is 12.1. The van der Waals surface area contributed by atoms with Crippen LogP contribution in [0.5, 0.6) is 0 Å². The molecule has 1 aromatic carbocycles. The van der Waals surface area contributed by atoms with Gasteiger partial charge in [0.2, 0.25) is 0 Å². The van der Waals surface area contributed by atoms with Crippen LogP contribution in [0.2, 0.25) is 0 Å². The summed E-state index contributed by atoms with van der Waals surface area (Å²) in [6.45, 7) is 2.05. The Hall–Kier alpha value is -1.61. The van der Waals surface area contributed by atoms with E-state index in [4.69, 9.17) is 0 Å². The van der Waals surface area contributed by atoms with Crippen LogP contribution in [-0.4, -0.2) is 17.0 Å². The molecule has 0 spiro atoms. The average Bonchev–Trinajstić information content (AvgIpc) is 2.40. The number of hydrogen-bond donors (Lipinski definition) is 0. The van der Waals surface area contributed by atoms with Gasteiger partial charge in [-0.15, -0.1) is 11.8 Å². The fourth-order valence-electron chi connectivity index (χ4n) is 1.56. The maximum absolute atomic E-state index is 10.9. The molecule has 0 N–H and O–H groups in total. The molecule has 2 aromatic rings. The smallest absolute Gasteiger partial charge is 0.152 e. The highest BCUT2D eigenvalue weighted by molar-refractivity contribution is 7.99. The number of carbonyl (C=O) groups excluding carboxylic acids is 1. The van der Waals surface area contributed by atoms with Crippen molar-refractivity contribution in [3.8, 4) is 11.3 Å². The minimum Gasteiger partial charge on any atom is -0.298 e. The summed E-state index contributed by atoms with van der Waals surface area (Å²) in [5, 5.41) is 0.809. The van der Waals surface area contributed by atoms with Gasteiger partial charge in [0, 0.05) is 11.1 Å². The van der Waals surface area contributed by atoms with Gasteiger partial charge in [-0.3, -0.25) is 4.79 Å². The Labute approximate surface area is 105 Å². The van der Waals surface area contributed by atoms with E-state index in [-0.39, 0.29) is 0 Å². The lowest BCUT2D eigenvalue weighted by atomic mass is 10.1. The summed E-state index contributed by atoms with van der Waals surface area (Å²) < 4.78 is 0. The van der Waals surface area contributed by atoms with Crippen molar-refractivity contribution in [1.29, 1.82) is 0 Å². The van der Waals surface area contributed by atoms with Crippen LogP contribution in [0.4, 0.5) is 0 Å². The van der Waals surface area contributed by atoms with Crippen molar-refractivity contribution in [3.63, 3.8) is 0 Å². The number of rotatable bonds is 4. The molecule has 3 heteroatoms. The largest absolute Gasteiger partial charge is 0.298 e. The van der Waals surface area contributed by atoms with Gasteiger partial charge in [0.25, 0.3) is 0 Å². The summed E-state index contributed by atoms with van der Waals surface area (Å²) in [5.74, 6) is 0.909. The Morgan fingerprint density at radius 3 is 2.59 bits per heavy atom. The molecular formula is C14H13NOS. The highest BCUT2D eigenvalue weighted by atomic mass is 32.2. The van der Waals surface area contributed by atoms with E-state index in [0.29, 0.717) is 5.56 Å². The molecule has 0 aliphatic rings. The Morgan fingerprint density at radius 2 is 1.94 bits per heavy atom. The van der Waals surface area contributed by atoms with Gasteiger partial charge in [0.1, 0.15) is 5.03 Å². The van der Waals surface area contributed by atoms with Crippen LogP contribution in [0.15, 0.2) is 47.5 Å². The van der Waals surface area contributed by atoms with Gasteiger partial charge in [-0.1, -0.05) is 37.3 Å². The lowest BCUT2D eigenvalue weighted by molar-refractivity contribution is 0.112. The van der Waals surface area contributed by atoms with E-state index < -0.39 is 0 Å². The third kappa shape index (κ3) is 2.74. The summed E-state index contributed by atoms with van der Waals surface area (Å²) in [6, 6.07) is 13.7.